The van der Waals surface area contributed by atoms with E-state index in [2.05, 4.69) is 12.1 Å². The number of nitrogens with zero attached hydrogens (tertiary/aromatic N) is 2. The van der Waals surface area contributed by atoms with Crippen LogP contribution in [0.2, 0.25) is 0 Å². The molecule has 2 aromatic carbocycles. The highest BCUT2D eigenvalue weighted by molar-refractivity contribution is 7.92. The van der Waals surface area contributed by atoms with Crippen molar-refractivity contribution in [1.29, 1.82) is 0 Å². The van der Waals surface area contributed by atoms with Crippen LogP contribution in [0.4, 0.5) is 5.69 Å². The number of ether oxygens (including phenoxy) is 1. The predicted molar refractivity (Wildman–Crippen MR) is 115 cm³/mol. The molecule has 0 radical (unpaired) electrons. The monoisotopic (exact) mass is 416 g/mol. The number of benzene rings is 2. The predicted octanol–water partition coefficient (Wildman–Crippen LogP) is 3.22. The van der Waals surface area contributed by atoms with E-state index >= 15 is 0 Å². The minimum atomic E-state index is -3.44. The van der Waals surface area contributed by atoms with Crippen LogP contribution < -0.4 is 9.04 Å². The molecule has 1 heterocycles. The first-order valence-electron chi connectivity index (χ1n) is 9.93. The normalized spacial score (nSPS) is 13.7. The van der Waals surface area contributed by atoms with Crippen LogP contribution in [0.15, 0.2) is 48.5 Å². The zero-order valence-electron chi connectivity index (χ0n) is 17.0. The van der Waals surface area contributed by atoms with Crippen LogP contribution >= 0.6 is 0 Å². The van der Waals surface area contributed by atoms with E-state index in [1.165, 1.54) is 21.7 Å². The Morgan fingerprint density at radius 1 is 1.10 bits per heavy atom. The second-order valence-electron chi connectivity index (χ2n) is 7.20. The largest absolute Gasteiger partial charge is 0.494 e. The molecule has 2 aromatic rings. The average Bonchev–Trinajstić information content (AvgIpc) is 2.71. The number of amides is 1. The van der Waals surface area contributed by atoms with Gasteiger partial charge < -0.3 is 9.64 Å². The Kier molecular flexibility index (Phi) is 6.79. The Bertz CT molecular complexity index is 942. The number of fused-ring (bicyclic) bond motifs is 1. The minimum absolute atomic E-state index is 0.0691. The van der Waals surface area contributed by atoms with Gasteiger partial charge in [-0.15, -0.1) is 0 Å². The molecule has 29 heavy (non-hydrogen) atoms. The van der Waals surface area contributed by atoms with E-state index in [0.29, 0.717) is 44.0 Å². The summed E-state index contributed by atoms with van der Waals surface area (Å²) in [6.45, 7) is 4.06. The standard InChI is InChI=1S/C22H28N2O4S/c1-3-28-21-12-10-20(11-13-21)24(29(2,26)27)15-6-9-22(25)23-16-14-18-7-4-5-8-19(18)17-23/h4-5,7-8,10-13H,3,6,9,14-17H2,1-2H3. The summed E-state index contributed by atoms with van der Waals surface area (Å²) in [5.41, 5.74) is 3.07. The maximum absolute atomic E-state index is 12.6. The summed E-state index contributed by atoms with van der Waals surface area (Å²) in [4.78, 5) is 14.5. The van der Waals surface area contributed by atoms with Crippen LogP contribution in [0, 0.1) is 0 Å². The summed E-state index contributed by atoms with van der Waals surface area (Å²) in [7, 11) is -3.44. The Hall–Kier alpha value is -2.54. The molecule has 3 rings (SSSR count). The number of carbonyl (C=O) groups is 1. The van der Waals surface area contributed by atoms with Gasteiger partial charge in [0.2, 0.25) is 15.9 Å². The fourth-order valence-electron chi connectivity index (χ4n) is 3.60. The van der Waals surface area contributed by atoms with Crippen LogP contribution in [-0.2, 0) is 27.8 Å². The Morgan fingerprint density at radius 3 is 2.45 bits per heavy atom. The van der Waals surface area contributed by atoms with E-state index in [1.54, 1.807) is 24.3 Å². The molecule has 0 fully saturated rings. The van der Waals surface area contributed by atoms with Gasteiger partial charge in [-0.1, -0.05) is 24.3 Å². The van der Waals surface area contributed by atoms with E-state index in [0.717, 1.165) is 6.42 Å². The van der Waals surface area contributed by atoms with Gasteiger partial charge in [-0.2, -0.15) is 0 Å². The third kappa shape index (κ3) is 5.50. The van der Waals surface area contributed by atoms with Gasteiger partial charge in [0.05, 0.1) is 18.6 Å². The fraction of sp³-hybridized carbons (Fsp3) is 0.409. The van der Waals surface area contributed by atoms with Gasteiger partial charge in [-0.05, 0) is 55.2 Å². The third-order valence-electron chi connectivity index (χ3n) is 5.07. The van der Waals surface area contributed by atoms with E-state index in [-0.39, 0.29) is 12.5 Å². The molecule has 6 nitrogen and oxygen atoms in total. The molecule has 1 aliphatic heterocycles. The molecule has 7 heteroatoms. The van der Waals surface area contributed by atoms with Gasteiger partial charge in [0, 0.05) is 26.1 Å². The van der Waals surface area contributed by atoms with Gasteiger partial charge in [-0.3, -0.25) is 9.10 Å². The quantitative estimate of drug-likeness (QED) is 0.663. The molecular formula is C22H28N2O4S. The first-order valence-corrected chi connectivity index (χ1v) is 11.8. The van der Waals surface area contributed by atoms with Crippen molar-refractivity contribution in [2.75, 3.05) is 30.3 Å². The average molecular weight is 417 g/mol. The summed E-state index contributed by atoms with van der Waals surface area (Å²) in [6.07, 6.45) is 2.85. The first-order chi connectivity index (χ1) is 13.9. The molecule has 0 spiro atoms. The Labute approximate surface area is 173 Å². The van der Waals surface area contributed by atoms with Crippen molar-refractivity contribution in [2.45, 2.75) is 32.7 Å². The maximum atomic E-state index is 12.6. The van der Waals surface area contributed by atoms with Crippen LogP contribution in [0.5, 0.6) is 5.75 Å². The second-order valence-corrected chi connectivity index (χ2v) is 9.11. The number of rotatable bonds is 8. The maximum Gasteiger partial charge on any atom is 0.232 e. The van der Waals surface area contributed by atoms with Crippen molar-refractivity contribution in [1.82, 2.24) is 4.90 Å². The molecule has 1 aliphatic rings. The summed E-state index contributed by atoms with van der Waals surface area (Å²) in [5, 5.41) is 0. The first kappa shape index (κ1) is 21.2. The summed E-state index contributed by atoms with van der Waals surface area (Å²) in [6, 6.07) is 15.2. The lowest BCUT2D eigenvalue weighted by atomic mass is 9.99. The lowest BCUT2D eigenvalue weighted by Crippen LogP contribution is -2.37. The topological polar surface area (TPSA) is 66.9 Å². The molecule has 0 atom stereocenters. The van der Waals surface area contributed by atoms with Crippen LogP contribution in [0.1, 0.15) is 30.9 Å². The van der Waals surface area contributed by atoms with Gasteiger partial charge in [-0.25, -0.2) is 8.42 Å². The lowest BCUT2D eigenvalue weighted by Gasteiger charge is -2.29. The number of hydrogen-bond acceptors (Lipinski definition) is 4. The van der Waals surface area contributed by atoms with Gasteiger partial charge in [0.1, 0.15) is 5.75 Å². The summed E-state index contributed by atoms with van der Waals surface area (Å²) >= 11 is 0. The highest BCUT2D eigenvalue weighted by Crippen LogP contribution is 2.23. The second kappa shape index (κ2) is 9.31. The van der Waals surface area contributed by atoms with Crippen molar-refractivity contribution in [3.05, 3.63) is 59.7 Å². The molecule has 0 saturated heterocycles. The molecule has 0 saturated carbocycles. The fourth-order valence-corrected chi connectivity index (χ4v) is 4.57. The molecule has 0 aliphatic carbocycles. The van der Waals surface area contributed by atoms with Crippen LogP contribution in [0.25, 0.3) is 0 Å². The smallest absolute Gasteiger partial charge is 0.232 e. The van der Waals surface area contributed by atoms with Crippen molar-refractivity contribution in [3.63, 3.8) is 0 Å². The van der Waals surface area contributed by atoms with Crippen molar-refractivity contribution >= 4 is 21.6 Å². The number of sulfonamides is 1. The zero-order valence-corrected chi connectivity index (χ0v) is 17.8. The molecule has 0 unspecified atom stereocenters. The van der Waals surface area contributed by atoms with Crippen molar-refractivity contribution in [3.8, 4) is 5.75 Å². The third-order valence-corrected chi connectivity index (χ3v) is 6.27. The Balaban J connectivity index is 1.58. The van der Waals surface area contributed by atoms with Gasteiger partial charge in [0.15, 0.2) is 0 Å². The number of hydrogen-bond donors (Lipinski definition) is 0. The zero-order chi connectivity index (χ0) is 20.9. The molecule has 156 valence electrons. The van der Waals surface area contributed by atoms with Gasteiger partial charge >= 0.3 is 0 Å². The summed E-state index contributed by atoms with van der Waals surface area (Å²) < 4.78 is 31.3. The highest BCUT2D eigenvalue weighted by atomic mass is 32.2. The van der Waals surface area contributed by atoms with Crippen LogP contribution in [0.3, 0.4) is 0 Å². The van der Waals surface area contributed by atoms with Gasteiger partial charge in [0.25, 0.3) is 0 Å². The Morgan fingerprint density at radius 2 is 1.79 bits per heavy atom. The molecule has 0 aromatic heterocycles. The molecule has 0 N–H and O–H groups in total. The molecule has 1 amide bonds. The molecule has 0 bridgehead atoms. The number of anilines is 1. The SMILES string of the molecule is CCOc1ccc(N(CCCC(=O)N2CCc3ccccc3C2)S(C)(=O)=O)cc1. The van der Waals surface area contributed by atoms with E-state index in [4.69, 9.17) is 4.74 Å². The van der Waals surface area contributed by atoms with E-state index < -0.39 is 10.0 Å². The summed E-state index contributed by atoms with van der Waals surface area (Å²) in [5.74, 6) is 0.768. The van der Waals surface area contributed by atoms with E-state index in [9.17, 15) is 13.2 Å². The van der Waals surface area contributed by atoms with Crippen molar-refractivity contribution < 1.29 is 17.9 Å². The molecular weight excluding hydrogens is 388 g/mol. The number of carbonyl (C=O) groups excluding carboxylic acids is 1. The van der Waals surface area contributed by atoms with Crippen molar-refractivity contribution in [2.24, 2.45) is 0 Å². The lowest BCUT2D eigenvalue weighted by molar-refractivity contribution is -0.132. The van der Waals surface area contributed by atoms with Crippen LogP contribution in [-0.4, -0.2) is 45.2 Å². The minimum Gasteiger partial charge on any atom is -0.494 e. The highest BCUT2D eigenvalue weighted by Gasteiger charge is 2.22. The van der Waals surface area contributed by atoms with E-state index in [1.807, 2.05) is 24.0 Å².